The zero-order valence-corrected chi connectivity index (χ0v) is 17.9. The topological polar surface area (TPSA) is 93.5 Å². The lowest BCUT2D eigenvalue weighted by atomic mass is 9.96. The molecule has 1 aromatic carbocycles. The minimum absolute atomic E-state index is 0.00270. The molecule has 7 nitrogen and oxygen atoms in total. The predicted octanol–water partition coefficient (Wildman–Crippen LogP) is 1.66. The number of likely N-dealkylation sites (N-methyl/N-ethyl adjacent to an activating group) is 1. The van der Waals surface area contributed by atoms with Crippen molar-refractivity contribution in [3.8, 4) is 6.07 Å². The fourth-order valence-electron chi connectivity index (χ4n) is 3.57. The Morgan fingerprint density at radius 2 is 1.82 bits per heavy atom. The predicted molar refractivity (Wildman–Crippen MR) is 108 cm³/mol. The quantitative estimate of drug-likeness (QED) is 0.743. The van der Waals surface area contributed by atoms with Crippen LogP contribution in [0.4, 0.5) is 0 Å². The van der Waals surface area contributed by atoms with Crippen LogP contribution in [0.15, 0.2) is 29.2 Å². The summed E-state index contributed by atoms with van der Waals surface area (Å²) in [7, 11) is 0.408. The Balaban J connectivity index is 1.92. The van der Waals surface area contributed by atoms with Gasteiger partial charge in [0, 0.05) is 31.6 Å². The van der Waals surface area contributed by atoms with E-state index in [1.807, 2.05) is 20.2 Å². The number of carbonyl (C=O) groups excluding carboxylic acids is 1. The third-order valence-corrected chi connectivity index (χ3v) is 7.28. The van der Waals surface area contributed by atoms with Crippen LogP contribution in [0.3, 0.4) is 0 Å². The van der Waals surface area contributed by atoms with E-state index in [1.165, 1.54) is 28.6 Å². The Labute approximate surface area is 168 Å². The Bertz CT molecular complexity index is 797. The molecule has 1 atom stereocenters. The van der Waals surface area contributed by atoms with Crippen molar-refractivity contribution in [2.24, 2.45) is 11.8 Å². The van der Waals surface area contributed by atoms with Gasteiger partial charge in [0.2, 0.25) is 15.9 Å². The van der Waals surface area contributed by atoms with Gasteiger partial charge in [0.25, 0.3) is 0 Å². The zero-order valence-electron chi connectivity index (χ0n) is 17.1. The third kappa shape index (κ3) is 5.31. The SMILES string of the molecule is CC(C)C(CNC(=O)C1CCN(S(=O)(=O)c2ccc(C#N)cc2)CC1)N(C)C. The van der Waals surface area contributed by atoms with Gasteiger partial charge in [-0.2, -0.15) is 9.57 Å². The van der Waals surface area contributed by atoms with Crippen LogP contribution >= 0.6 is 0 Å². The maximum atomic E-state index is 12.8. The van der Waals surface area contributed by atoms with E-state index in [0.717, 1.165) is 0 Å². The maximum absolute atomic E-state index is 12.8. The van der Waals surface area contributed by atoms with E-state index in [1.54, 1.807) is 0 Å². The minimum Gasteiger partial charge on any atom is -0.354 e. The first-order valence-electron chi connectivity index (χ1n) is 9.61. The van der Waals surface area contributed by atoms with Gasteiger partial charge in [-0.15, -0.1) is 0 Å². The van der Waals surface area contributed by atoms with Gasteiger partial charge >= 0.3 is 0 Å². The molecule has 0 aromatic heterocycles. The van der Waals surface area contributed by atoms with E-state index in [0.29, 0.717) is 44.0 Å². The van der Waals surface area contributed by atoms with Crippen molar-refractivity contribution >= 4 is 15.9 Å². The standard InChI is InChI=1S/C20H30N4O3S/c1-15(2)19(23(3)4)14-22-20(25)17-9-11-24(12-10-17)28(26,27)18-7-5-16(13-21)6-8-18/h5-8,15,17,19H,9-12,14H2,1-4H3,(H,22,25). The van der Waals surface area contributed by atoms with Crippen LogP contribution in [-0.4, -0.2) is 63.3 Å². The first-order chi connectivity index (χ1) is 13.2. The van der Waals surface area contributed by atoms with Gasteiger partial charge in [0.05, 0.1) is 16.5 Å². The number of nitrogens with zero attached hydrogens (tertiary/aromatic N) is 3. The van der Waals surface area contributed by atoms with Crippen molar-refractivity contribution < 1.29 is 13.2 Å². The maximum Gasteiger partial charge on any atom is 0.243 e. The smallest absolute Gasteiger partial charge is 0.243 e. The van der Waals surface area contributed by atoms with Gasteiger partial charge in [-0.3, -0.25) is 4.79 Å². The number of rotatable bonds is 7. The molecule has 1 aliphatic heterocycles. The molecule has 1 aromatic rings. The number of amides is 1. The van der Waals surface area contributed by atoms with Gasteiger partial charge in [0.1, 0.15) is 0 Å². The van der Waals surface area contributed by atoms with Crippen LogP contribution in [0.2, 0.25) is 0 Å². The first-order valence-corrected chi connectivity index (χ1v) is 11.0. The molecule has 0 saturated carbocycles. The van der Waals surface area contributed by atoms with Crippen LogP contribution < -0.4 is 5.32 Å². The number of nitriles is 1. The monoisotopic (exact) mass is 406 g/mol. The molecule has 1 unspecified atom stereocenters. The lowest BCUT2D eigenvalue weighted by Crippen LogP contribution is -2.47. The molecule has 1 fully saturated rings. The average molecular weight is 407 g/mol. The second kappa shape index (κ2) is 9.50. The second-order valence-corrected chi connectivity index (χ2v) is 9.77. The summed E-state index contributed by atoms with van der Waals surface area (Å²) in [6, 6.07) is 8.17. The number of piperidine rings is 1. The van der Waals surface area contributed by atoms with Crippen LogP contribution in [0.5, 0.6) is 0 Å². The Morgan fingerprint density at radius 3 is 2.29 bits per heavy atom. The number of hydrogen-bond donors (Lipinski definition) is 1. The molecule has 28 heavy (non-hydrogen) atoms. The Kier molecular flexibility index (Phi) is 7.58. The summed E-state index contributed by atoms with van der Waals surface area (Å²) >= 11 is 0. The van der Waals surface area contributed by atoms with Crippen LogP contribution in [-0.2, 0) is 14.8 Å². The molecule has 1 saturated heterocycles. The van der Waals surface area contributed by atoms with Crippen molar-refractivity contribution in [1.82, 2.24) is 14.5 Å². The van der Waals surface area contributed by atoms with E-state index in [2.05, 4.69) is 24.1 Å². The summed E-state index contributed by atoms with van der Waals surface area (Å²) < 4.78 is 27.0. The Hall–Kier alpha value is -1.95. The summed E-state index contributed by atoms with van der Waals surface area (Å²) in [5.74, 6) is 0.264. The van der Waals surface area contributed by atoms with Gasteiger partial charge in [-0.1, -0.05) is 13.8 Å². The number of nitrogens with one attached hydrogen (secondary N) is 1. The van der Waals surface area contributed by atoms with E-state index in [4.69, 9.17) is 5.26 Å². The van der Waals surface area contributed by atoms with E-state index < -0.39 is 10.0 Å². The van der Waals surface area contributed by atoms with Gasteiger partial charge < -0.3 is 10.2 Å². The average Bonchev–Trinajstić information content (AvgIpc) is 2.67. The molecule has 1 aliphatic rings. The van der Waals surface area contributed by atoms with Crippen LogP contribution in [0.1, 0.15) is 32.3 Å². The molecule has 0 bridgehead atoms. The molecule has 1 heterocycles. The highest BCUT2D eigenvalue weighted by molar-refractivity contribution is 7.89. The second-order valence-electron chi connectivity index (χ2n) is 7.83. The summed E-state index contributed by atoms with van der Waals surface area (Å²) in [4.78, 5) is 14.8. The van der Waals surface area contributed by atoms with Gasteiger partial charge in [-0.25, -0.2) is 8.42 Å². The highest BCUT2D eigenvalue weighted by Crippen LogP contribution is 2.24. The minimum atomic E-state index is -3.60. The summed E-state index contributed by atoms with van der Waals surface area (Å²) in [5, 5.41) is 11.9. The Morgan fingerprint density at radius 1 is 1.25 bits per heavy atom. The lowest BCUT2D eigenvalue weighted by Gasteiger charge is -2.32. The summed E-state index contributed by atoms with van der Waals surface area (Å²) in [6.07, 6.45) is 1.02. The summed E-state index contributed by atoms with van der Waals surface area (Å²) in [5.41, 5.74) is 0.423. The number of hydrogen-bond acceptors (Lipinski definition) is 5. The van der Waals surface area contributed by atoms with Gasteiger partial charge in [-0.05, 0) is 57.1 Å². The molecule has 0 aliphatic carbocycles. The highest BCUT2D eigenvalue weighted by atomic mass is 32.2. The molecule has 0 radical (unpaired) electrons. The number of benzene rings is 1. The molecule has 1 N–H and O–H groups in total. The van der Waals surface area contributed by atoms with Crippen molar-refractivity contribution in [3.05, 3.63) is 29.8 Å². The molecule has 154 valence electrons. The molecule has 1 amide bonds. The van der Waals surface area contributed by atoms with Gasteiger partial charge in [0.15, 0.2) is 0 Å². The largest absolute Gasteiger partial charge is 0.354 e. The number of carbonyl (C=O) groups is 1. The zero-order chi connectivity index (χ0) is 20.9. The van der Waals surface area contributed by atoms with Crippen LogP contribution in [0, 0.1) is 23.2 Å². The van der Waals surface area contributed by atoms with Crippen molar-refractivity contribution in [3.63, 3.8) is 0 Å². The lowest BCUT2D eigenvalue weighted by molar-refractivity contribution is -0.126. The molecule has 8 heteroatoms. The fraction of sp³-hybridized carbons (Fsp3) is 0.600. The first kappa shape index (κ1) is 22.3. The highest BCUT2D eigenvalue weighted by Gasteiger charge is 2.32. The number of sulfonamides is 1. The van der Waals surface area contributed by atoms with E-state index in [-0.39, 0.29) is 22.8 Å². The van der Waals surface area contributed by atoms with E-state index >= 15 is 0 Å². The van der Waals surface area contributed by atoms with E-state index in [9.17, 15) is 13.2 Å². The third-order valence-electron chi connectivity index (χ3n) is 5.36. The van der Waals surface area contributed by atoms with Crippen molar-refractivity contribution in [2.45, 2.75) is 37.6 Å². The van der Waals surface area contributed by atoms with Crippen molar-refractivity contribution in [1.29, 1.82) is 5.26 Å². The van der Waals surface area contributed by atoms with Crippen molar-refractivity contribution in [2.75, 3.05) is 33.7 Å². The van der Waals surface area contributed by atoms with Crippen LogP contribution in [0.25, 0.3) is 0 Å². The normalized spacial score (nSPS) is 17.5. The molecular weight excluding hydrogens is 376 g/mol. The fourth-order valence-corrected chi connectivity index (χ4v) is 5.04. The molecular formula is C20H30N4O3S. The molecule has 0 spiro atoms. The summed E-state index contributed by atoms with van der Waals surface area (Å²) in [6.45, 7) is 5.49. The molecule has 2 rings (SSSR count).